The third-order valence-electron chi connectivity index (χ3n) is 2.49. The Labute approximate surface area is 108 Å². The molecule has 1 aliphatic heterocycles. The molecule has 0 aromatic heterocycles. The minimum Gasteiger partial charge on any atom is -0.490 e. The van der Waals surface area contributed by atoms with Gasteiger partial charge in [-0.2, -0.15) is 5.48 Å². The Balaban J connectivity index is 2.04. The van der Waals surface area contributed by atoms with Gasteiger partial charge in [-0.15, -0.1) is 0 Å². The largest absolute Gasteiger partial charge is 0.490 e. The molecule has 0 aliphatic carbocycles. The van der Waals surface area contributed by atoms with Gasteiger partial charge in [0.05, 0.1) is 18.8 Å². The summed E-state index contributed by atoms with van der Waals surface area (Å²) < 4.78 is 11.4. The van der Waals surface area contributed by atoms with Gasteiger partial charge in [0.2, 0.25) is 0 Å². The van der Waals surface area contributed by atoms with Gasteiger partial charge in [0.15, 0.2) is 11.5 Å². The average molecular weight is 251 g/mol. The summed E-state index contributed by atoms with van der Waals surface area (Å²) in [5.41, 5.74) is 3.83. The van der Waals surface area contributed by atoms with Crippen LogP contribution in [0.2, 0.25) is 0 Å². The summed E-state index contributed by atoms with van der Waals surface area (Å²) >= 11 is 0. The standard InChI is InChI=1S/C14H21NO3/c1-14(2,3)18-15-10-11-6-4-7-12-13(11)17-9-5-8-16-12/h4,6-7,15H,5,8-10H2,1-3H3. The fourth-order valence-corrected chi connectivity index (χ4v) is 1.72. The van der Waals surface area contributed by atoms with Crippen molar-refractivity contribution < 1.29 is 14.3 Å². The Hall–Kier alpha value is -1.26. The fraction of sp³-hybridized carbons (Fsp3) is 0.571. The molecule has 0 bridgehead atoms. The van der Waals surface area contributed by atoms with E-state index in [-0.39, 0.29) is 5.60 Å². The number of hydrogen-bond acceptors (Lipinski definition) is 4. The summed E-state index contributed by atoms with van der Waals surface area (Å²) in [6.45, 7) is 8.03. The minimum absolute atomic E-state index is 0.205. The van der Waals surface area contributed by atoms with E-state index < -0.39 is 0 Å². The first-order chi connectivity index (χ1) is 8.56. The summed E-state index contributed by atoms with van der Waals surface area (Å²) in [5.74, 6) is 1.66. The molecule has 1 aliphatic rings. The Morgan fingerprint density at radius 2 is 2.00 bits per heavy atom. The summed E-state index contributed by atoms with van der Waals surface area (Å²) in [4.78, 5) is 5.51. The Bertz CT molecular complexity index is 399. The highest BCUT2D eigenvalue weighted by atomic mass is 16.7. The number of para-hydroxylation sites is 1. The maximum atomic E-state index is 5.74. The zero-order valence-corrected chi connectivity index (χ0v) is 11.3. The maximum absolute atomic E-state index is 5.74. The minimum atomic E-state index is -0.205. The quantitative estimate of drug-likeness (QED) is 0.838. The number of benzene rings is 1. The van der Waals surface area contributed by atoms with Gasteiger partial charge >= 0.3 is 0 Å². The van der Waals surface area contributed by atoms with Crippen LogP contribution in [0, 0.1) is 0 Å². The fourth-order valence-electron chi connectivity index (χ4n) is 1.72. The molecule has 100 valence electrons. The second-order valence-corrected chi connectivity index (χ2v) is 5.33. The topological polar surface area (TPSA) is 39.7 Å². The number of fused-ring (bicyclic) bond motifs is 1. The van der Waals surface area contributed by atoms with Crippen LogP contribution in [-0.4, -0.2) is 18.8 Å². The predicted octanol–water partition coefficient (Wildman–Crippen LogP) is 2.67. The van der Waals surface area contributed by atoms with E-state index >= 15 is 0 Å². The molecule has 0 saturated heterocycles. The van der Waals surface area contributed by atoms with Crippen LogP contribution in [0.1, 0.15) is 32.8 Å². The van der Waals surface area contributed by atoms with Crippen LogP contribution in [0.4, 0.5) is 0 Å². The van der Waals surface area contributed by atoms with Gasteiger partial charge in [-0.3, -0.25) is 4.84 Å². The van der Waals surface area contributed by atoms with Gasteiger partial charge in [-0.1, -0.05) is 12.1 Å². The van der Waals surface area contributed by atoms with E-state index in [9.17, 15) is 0 Å². The van der Waals surface area contributed by atoms with Crippen molar-refractivity contribution in [3.8, 4) is 11.5 Å². The zero-order chi connectivity index (χ0) is 13.0. The maximum Gasteiger partial charge on any atom is 0.165 e. The van der Waals surface area contributed by atoms with Crippen molar-refractivity contribution in [2.24, 2.45) is 0 Å². The summed E-state index contributed by atoms with van der Waals surface area (Å²) in [5, 5.41) is 0. The van der Waals surface area contributed by atoms with Crippen molar-refractivity contribution in [3.63, 3.8) is 0 Å². The van der Waals surface area contributed by atoms with Crippen LogP contribution in [0.15, 0.2) is 18.2 Å². The molecule has 4 nitrogen and oxygen atoms in total. The summed E-state index contributed by atoms with van der Waals surface area (Å²) in [6, 6.07) is 5.93. The summed E-state index contributed by atoms with van der Waals surface area (Å²) in [6.07, 6.45) is 0.917. The van der Waals surface area contributed by atoms with Gasteiger partial charge in [0.25, 0.3) is 0 Å². The van der Waals surface area contributed by atoms with E-state index in [4.69, 9.17) is 14.3 Å². The first-order valence-corrected chi connectivity index (χ1v) is 6.34. The van der Waals surface area contributed by atoms with Gasteiger partial charge in [-0.25, -0.2) is 0 Å². The lowest BCUT2D eigenvalue weighted by Crippen LogP contribution is -2.28. The monoisotopic (exact) mass is 251 g/mol. The highest BCUT2D eigenvalue weighted by molar-refractivity contribution is 5.46. The highest BCUT2D eigenvalue weighted by Crippen LogP contribution is 2.33. The van der Waals surface area contributed by atoms with Gasteiger partial charge < -0.3 is 9.47 Å². The van der Waals surface area contributed by atoms with E-state index in [1.807, 2.05) is 39.0 Å². The molecule has 0 unspecified atom stereocenters. The van der Waals surface area contributed by atoms with Crippen molar-refractivity contribution in [2.45, 2.75) is 39.3 Å². The van der Waals surface area contributed by atoms with Crippen LogP contribution in [-0.2, 0) is 11.4 Å². The van der Waals surface area contributed by atoms with E-state index in [2.05, 4.69) is 5.48 Å². The zero-order valence-electron chi connectivity index (χ0n) is 11.3. The number of nitrogens with one attached hydrogen (secondary N) is 1. The van der Waals surface area contributed by atoms with E-state index in [1.54, 1.807) is 0 Å². The number of ether oxygens (including phenoxy) is 2. The molecule has 1 heterocycles. The Morgan fingerprint density at radius 3 is 2.78 bits per heavy atom. The lowest BCUT2D eigenvalue weighted by molar-refractivity contribution is -0.0759. The molecule has 1 N–H and O–H groups in total. The molecule has 1 aromatic carbocycles. The lowest BCUT2D eigenvalue weighted by Gasteiger charge is -2.20. The molecule has 1 aromatic rings. The second-order valence-electron chi connectivity index (χ2n) is 5.33. The molecule has 0 fully saturated rings. The van der Waals surface area contributed by atoms with E-state index in [0.29, 0.717) is 19.8 Å². The van der Waals surface area contributed by atoms with Gasteiger partial charge in [0.1, 0.15) is 0 Å². The highest BCUT2D eigenvalue weighted by Gasteiger charge is 2.15. The molecule has 2 rings (SSSR count). The third-order valence-corrected chi connectivity index (χ3v) is 2.49. The molecule has 0 atom stereocenters. The van der Waals surface area contributed by atoms with E-state index in [0.717, 1.165) is 23.5 Å². The van der Waals surface area contributed by atoms with Crippen molar-refractivity contribution in [2.75, 3.05) is 13.2 Å². The predicted molar refractivity (Wildman–Crippen MR) is 69.7 cm³/mol. The third kappa shape index (κ3) is 3.62. The molecular weight excluding hydrogens is 230 g/mol. The van der Waals surface area contributed by atoms with Gasteiger partial charge in [0, 0.05) is 18.5 Å². The molecule has 0 radical (unpaired) electrons. The molecule has 4 heteroatoms. The smallest absolute Gasteiger partial charge is 0.165 e. The Kier molecular flexibility index (Phi) is 4.09. The molecule has 0 spiro atoms. The van der Waals surface area contributed by atoms with Crippen LogP contribution in [0.25, 0.3) is 0 Å². The van der Waals surface area contributed by atoms with Crippen LogP contribution >= 0.6 is 0 Å². The second kappa shape index (κ2) is 5.59. The molecular formula is C14H21NO3. The molecule has 18 heavy (non-hydrogen) atoms. The van der Waals surface area contributed by atoms with Crippen molar-refractivity contribution in [3.05, 3.63) is 23.8 Å². The summed E-state index contributed by atoms with van der Waals surface area (Å²) in [7, 11) is 0. The van der Waals surface area contributed by atoms with Crippen LogP contribution < -0.4 is 15.0 Å². The first kappa shape index (κ1) is 13.2. The lowest BCUT2D eigenvalue weighted by atomic mass is 10.2. The normalized spacial score (nSPS) is 15.3. The first-order valence-electron chi connectivity index (χ1n) is 6.34. The van der Waals surface area contributed by atoms with Crippen molar-refractivity contribution in [1.29, 1.82) is 0 Å². The number of rotatable bonds is 3. The SMILES string of the molecule is CC(C)(C)ONCc1cccc2c1OCCCO2. The van der Waals surface area contributed by atoms with Crippen molar-refractivity contribution >= 4 is 0 Å². The van der Waals surface area contributed by atoms with Crippen LogP contribution in [0.3, 0.4) is 0 Å². The number of hydrogen-bond donors (Lipinski definition) is 1. The van der Waals surface area contributed by atoms with Crippen LogP contribution in [0.5, 0.6) is 11.5 Å². The van der Waals surface area contributed by atoms with Gasteiger partial charge in [-0.05, 0) is 26.8 Å². The molecule has 0 saturated carbocycles. The van der Waals surface area contributed by atoms with E-state index in [1.165, 1.54) is 0 Å². The number of hydroxylamine groups is 1. The van der Waals surface area contributed by atoms with Crippen molar-refractivity contribution in [1.82, 2.24) is 5.48 Å². The molecule has 0 amide bonds. The average Bonchev–Trinajstić information content (AvgIpc) is 2.53. The Morgan fingerprint density at radius 1 is 1.22 bits per heavy atom.